The Bertz CT molecular complexity index is 231. The van der Waals surface area contributed by atoms with Gasteiger partial charge in [0.05, 0.1) is 5.60 Å². The van der Waals surface area contributed by atoms with Gasteiger partial charge in [-0.15, -0.1) is 0 Å². The van der Waals surface area contributed by atoms with E-state index in [2.05, 4.69) is 39.8 Å². The minimum Gasteiger partial charge on any atom is -0.375 e. The normalized spacial score (nSPS) is 29.9. The van der Waals surface area contributed by atoms with Gasteiger partial charge < -0.3 is 4.74 Å². The van der Waals surface area contributed by atoms with Crippen LogP contribution in [0.5, 0.6) is 0 Å². The van der Waals surface area contributed by atoms with Crippen LogP contribution in [-0.4, -0.2) is 29.0 Å². The first-order chi connectivity index (χ1) is 7.85. The number of halogens is 1. The summed E-state index contributed by atoms with van der Waals surface area (Å²) in [7, 11) is 0. The highest BCUT2D eigenvalue weighted by Gasteiger charge is 2.37. The van der Waals surface area contributed by atoms with E-state index in [4.69, 9.17) is 4.74 Å². The number of thioether (sulfide) groups is 1. The van der Waals surface area contributed by atoms with E-state index in [9.17, 15) is 0 Å². The molecule has 92 valence electrons. The van der Waals surface area contributed by atoms with Gasteiger partial charge in [0.1, 0.15) is 0 Å². The average molecular weight is 305 g/mol. The zero-order valence-corrected chi connectivity index (χ0v) is 12.2. The van der Waals surface area contributed by atoms with Crippen LogP contribution in [0.15, 0.2) is 12.2 Å². The summed E-state index contributed by atoms with van der Waals surface area (Å²) in [6.45, 7) is 0.966. The third-order valence-corrected chi connectivity index (χ3v) is 5.06. The number of allylic oxidation sites excluding steroid dienone is 2. The zero-order chi connectivity index (χ0) is 11.3. The Hall–Kier alpha value is 0.530. The topological polar surface area (TPSA) is 9.23 Å². The highest BCUT2D eigenvalue weighted by molar-refractivity contribution is 9.09. The molecule has 16 heavy (non-hydrogen) atoms. The molecule has 2 aliphatic rings. The zero-order valence-electron chi connectivity index (χ0n) is 9.79. The molecule has 1 spiro atoms. The van der Waals surface area contributed by atoms with Gasteiger partial charge in [-0.2, -0.15) is 11.8 Å². The maximum Gasteiger partial charge on any atom is 0.0703 e. The molecule has 0 amide bonds. The third kappa shape index (κ3) is 3.51. The van der Waals surface area contributed by atoms with Crippen LogP contribution in [0.4, 0.5) is 0 Å². The molecule has 2 fully saturated rings. The fourth-order valence-corrected chi connectivity index (χ4v) is 4.17. The maximum absolute atomic E-state index is 6.09. The molecular weight excluding hydrogens is 284 g/mol. The van der Waals surface area contributed by atoms with E-state index in [1.165, 1.54) is 37.2 Å². The van der Waals surface area contributed by atoms with Crippen molar-refractivity contribution in [3.63, 3.8) is 0 Å². The van der Waals surface area contributed by atoms with Gasteiger partial charge in [0.15, 0.2) is 0 Å². The van der Waals surface area contributed by atoms with E-state index in [1.54, 1.807) is 0 Å². The smallest absolute Gasteiger partial charge is 0.0703 e. The van der Waals surface area contributed by atoms with Crippen molar-refractivity contribution in [1.29, 1.82) is 0 Å². The highest BCUT2D eigenvalue weighted by atomic mass is 79.9. The van der Waals surface area contributed by atoms with Gasteiger partial charge in [0.2, 0.25) is 0 Å². The molecule has 1 atom stereocenters. The second-order valence-corrected chi connectivity index (χ2v) is 6.82. The van der Waals surface area contributed by atoms with Crippen molar-refractivity contribution < 1.29 is 4.74 Å². The quantitative estimate of drug-likeness (QED) is 0.575. The summed E-state index contributed by atoms with van der Waals surface area (Å²) in [6.07, 6.45) is 10.9. The number of hydrogen-bond donors (Lipinski definition) is 0. The Morgan fingerprint density at radius 3 is 2.94 bits per heavy atom. The Morgan fingerprint density at radius 1 is 1.38 bits per heavy atom. The molecule has 0 aromatic rings. The molecule has 0 radical (unpaired) electrons. The van der Waals surface area contributed by atoms with Gasteiger partial charge in [-0.1, -0.05) is 28.1 Å². The first kappa shape index (κ1) is 13.0. The number of ether oxygens (including phenoxy) is 1. The monoisotopic (exact) mass is 304 g/mol. The van der Waals surface area contributed by atoms with Crippen molar-refractivity contribution in [2.75, 3.05) is 23.4 Å². The molecule has 1 unspecified atom stereocenters. The molecule has 0 N–H and O–H groups in total. The minimum atomic E-state index is 0.243. The van der Waals surface area contributed by atoms with Gasteiger partial charge in [0, 0.05) is 11.9 Å². The first-order valence-electron chi connectivity index (χ1n) is 6.29. The molecule has 0 aromatic carbocycles. The lowest BCUT2D eigenvalue weighted by Crippen LogP contribution is -2.42. The Morgan fingerprint density at radius 2 is 2.19 bits per heavy atom. The highest BCUT2D eigenvalue weighted by Crippen LogP contribution is 2.40. The van der Waals surface area contributed by atoms with Crippen molar-refractivity contribution >= 4 is 27.7 Å². The molecule has 1 nitrogen and oxygen atoms in total. The fraction of sp³-hybridized carbons (Fsp3) is 0.846. The fourth-order valence-electron chi connectivity index (χ4n) is 2.67. The van der Waals surface area contributed by atoms with Crippen LogP contribution < -0.4 is 0 Å². The first-order valence-corrected chi connectivity index (χ1v) is 8.57. The summed E-state index contributed by atoms with van der Waals surface area (Å²) in [5.74, 6) is 3.34. The molecule has 2 aliphatic heterocycles. The lowest BCUT2D eigenvalue weighted by Gasteiger charge is -2.42. The molecule has 3 heteroatoms. The molecule has 2 heterocycles. The summed E-state index contributed by atoms with van der Waals surface area (Å²) in [6, 6.07) is 0. The number of hydrogen-bond acceptors (Lipinski definition) is 2. The molecule has 2 saturated heterocycles. The summed E-state index contributed by atoms with van der Waals surface area (Å²) in [4.78, 5) is 0. The minimum absolute atomic E-state index is 0.243. The van der Waals surface area contributed by atoms with Gasteiger partial charge in [0.25, 0.3) is 0 Å². The van der Waals surface area contributed by atoms with Crippen molar-refractivity contribution in [3.05, 3.63) is 12.2 Å². The SMILES string of the molecule is BrCCC=CC1CCOC2(CCSCC2)C1. The van der Waals surface area contributed by atoms with Gasteiger partial charge in [-0.05, 0) is 49.5 Å². The standard InChI is InChI=1S/C13H21BrOS/c14-7-2-1-3-12-4-8-15-13(11-12)5-9-16-10-6-13/h1,3,12H,2,4-11H2. The van der Waals surface area contributed by atoms with Crippen LogP contribution in [0.25, 0.3) is 0 Å². The van der Waals surface area contributed by atoms with Crippen LogP contribution in [0, 0.1) is 5.92 Å². The van der Waals surface area contributed by atoms with Crippen molar-refractivity contribution in [2.45, 2.75) is 37.7 Å². The molecule has 0 aliphatic carbocycles. The second kappa shape index (κ2) is 6.46. The van der Waals surface area contributed by atoms with Crippen LogP contribution in [0.2, 0.25) is 0 Å². The van der Waals surface area contributed by atoms with E-state index < -0.39 is 0 Å². The maximum atomic E-state index is 6.09. The number of alkyl halides is 1. The van der Waals surface area contributed by atoms with Crippen LogP contribution in [0.1, 0.15) is 32.1 Å². The van der Waals surface area contributed by atoms with Gasteiger partial charge >= 0.3 is 0 Å². The molecule has 0 aromatic heterocycles. The molecular formula is C13H21BrOS. The van der Waals surface area contributed by atoms with E-state index in [1.807, 2.05) is 0 Å². The predicted molar refractivity (Wildman–Crippen MR) is 75.5 cm³/mol. The van der Waals surface area contributed by atoms with E-state index >= 15 is 0 Å². The summed E-state index contributed by atoms with van der Waals surface area (Å²) in [5, 5.41) is 1.08. The molecule has 2 rings (SSSR count). The summed E-state index contributed by atoms with van der Waals surface area (Å²) < 4.78 is 6.09. The second-order valence-electron chi connectivity index (χ2n) is 4.80. The van der Waals surface area contributed by atoms with E-state index in [0.29, 0.717) is 0 Å². The predicted octanol–water partition coefficient (Wildman–Crippen LogP) is 4.02. The largest absolute Gasteiger partial charge is 0.375 e. The van der Waals surface area contributed by atoms with Crippen LogP contribution in [0.3, 0.4) is 0 Å². The van der Waals surface area contributed by atoms with Crippen LogP contribution >= 0.6 is 27.7 Å². The van der Waals surface area contributed by atoms with Crippen molar-refractivity contribution in [1.82, 2.24) is 0 Å². The summed E-state index contributed by atoms with van der Waals surface area (Å²) in [5.41, 5.74) is 0.243. The number of rotatable bonds is 3. The van der Waals surface area contributed by atoms with Crippen molar-refractivity contribution in [3.8, 4) is 0 Å². The van der Waals surface area contributed by atoms with Crippen molar-refractivity contribution in [2.24, 2.45) is 5.92 Å². The lowest BCUT2D eigenvalue weighted by molar-refractivity contribution is -0.0949. The van der Waals surface area contributed by atoms with Gasteiger partial charge in [-0.25, -0.2) is 0 Å². The Labute approximate surface area is 112 Å². The average Bonchev–Trinajstić information content (AvgIpc) is 2.31. The Kier molecular flexibility index (Phi) is 5.24. The van der Waals surface area contributed by atoms with E-state index in [-0.39, 0.29) is 5.60 Å². The molecule has 0 bridgehead atoms. The van der Waals surface area contributed by atoms with E-state index in [0.717, 1.165) is 24.3 Å². The lowest BCUT2D eigenvalue weighted by atomic mass is 9.82. The molecule has 0 saturated carbocycles. The van der Waals surface area contributed by atoms with Gasteiger partial charge in [-0.3, -0.25) is 0 Å². The summed E-state index contributed by atoms with van der Waals surface area (Å²) >= 11 is 5.55. The third-order valence-electron chi connectivity index (χ3n) is 3.62. The van der Waals surface area contributed by atoms with Crippen LogP contribution in [-0.2, 0) is 4.74 Å². The Balaban J connectivity index is 1.87.